The summed E-state index contributed by atoms with van der Waals surface area (Å²) >= 11 is 0. The van der Waals surface area contributed by atoms with Crippen LogP contribution in [0, 0.1) is 0 Å². The van der Waals surface area contributed by atoms with E-state index in [1.54, 1.807) is 0 Å². The van der Waals surface area contributed by atoms with Gasteiger partial charge >= 0.3 is 0 Å². The zero-order valence-corrected chi connectivity index (χ0v) is 18.6. The number of hydrogen-bond donors (Lipinski definition) is 2. The topological polar surface area (TPSA) is 96.6 Å². The number of Topliss-reactive ketones (excluding diaryl/α,β-unsaturated/α-hetero) is 1. The number of rotatable bonds is 7. The maximum Gasteiger partial charge on any atom is 0.226 e. The summed E-state index contributed by atoms with van der Waals surface area (Å²) in [7, 11) is 0. The molecule has 3 aliphatic heterocycles. The number of nitrogens with zero attached hydrogens (tertiary/aromatic N) is 4. The van der Waals surface area contributed by atoms with Crippen LogP contribution in [0.4, 0.5) is 17.6 Å². The third kappa shape index (κ3) is 4.86. The first kappa shape index (κ1) is 21.2. The molecule has 170 valence electrons. The first-order valence-corrected chi connectivity index (χ1v) is 11.7. The zero-order valence-electron chi connectivity index (χ0n) is 18.6. The van der Waals surface area contributed by atoms with E-state index in [0.29, 0.717) is 37.8 Å². The molecule has 1 unspecified atom stereocenters. The molecule has 5 rings (SSSR count). The number of fused-ring (bicyclic) bond motifs is 1. The lowest BCUT2D eigenvalue weighted by Gasteiger charge is -2.30. The lowest BCUT2D eigenvalue weighted by molar-refractivity contribution is -0.117. The van der Waals surface area contributed by atoms with Crippen molar-refractivity contribution in [1.29, 1.82) is 0 Å². The van der Waals surface area contributed by atoms with E-state index in [4.69, 9.17) is 15.5 Å². The van der Waals surface area contributed by atoms with E-state index in [1.807, 2.05) is 4.90 Å². The first-order chi connectivity index (χ1) is 15.6. The molecule has 1 aromatic carbocycles. The lowest BCUT2D eigenvalue weighted by atomic mass is 10.0. The second-order valence-electron chi connectivity index (χ2n) is 9.13. The number of nitrogen functional groups attached to an aromatic ring is 1. The maximum atomic E-state index is 12.5. The van der Waals surface area contributed by atoms with Crippen molar-refractivity contribution in [3.8, 4) is 0 Å². The fourth-order valence-corrected chi connectivity index (χ4v) is 4.93. The Hall–Kier alpha value is -2.71. The van der Waals surface area contributed by atoms with Crippen molar-refractivity contribution in [3.63, 3.8) is 0 Å². The number of nitrogens with two attached hydrogens (primary N) is 1. The third-order valence-electron chi connectivity index (χ3n) is 6.54. The lowest BCUT2D eigenvalue weighted by Crippen LogP contribution is -2.37. The average molecular weight is 437 g/mol. The molecule has 0 bridgehead atoms. The van der Waals surface area contributed by atoms with Crippen molar-refractivity contribution in [2.45, 2.75) is 51.3 Å². The summed E-state index contributed by atoms with van der Waals surface area (Å²) in [4.78, 5) is 26.2. The molecule has 8 nitrogen and oxygen atoms in total. The minimum atomic E-state index is 0.140. The molecule has 0 radical (unpaired) electrons. The van der Waals surface area contributed by atoms with E-state index in [-0.39, 0.29) is 11.9 Å². The van der Waals surface area contributed by atoms with Crippen molar-refractivity contribution in [1.82, 2.24) is 14.9 Å². The third-order valence-corrected chi connectivity index (χ3v) is 6.54. The monoisotopic (exact) mass is 436 g/mol. The molecule has 0 aliphatic carbocycles. The number of ether oxygens (including phenoxy) is 1. The Kier molecular flexibility index (Phi) is 6.23. The zero-order chi connectivity index (χ0) is 21.9. The number of carbonyl (C=O) groups excluding carboxylic acids is 1. The van der Waals surface area contributed by atoms with Gasteiger partial charge in [-0.05, 0) is 49.9 Å². The standard InChI is InChI=1S/C24H32N6O2/c25-22-21-12-19(31)16-30(23(21)28-24(27-22)26-13-20-7-4-10-32-20)15-18-6-3-5-17(11-18)14-29-8-1-2-9-29/h3,5-6,11,20H,1-2,4,7-10,12-16H2,(H3,25,26,27,28). The van der Waals surface area contributed by atoms with Crippen molar-refractivity contribution >= 4 is 23.4 Å². The van der Waals surface area contributed by atoms with E-state index >= 15 is 0 Å². The minimum Gasteiger partial charge on any atom is -0.383 e. The molecule has 1 atom stereocenters. The Morgan fingerprint density at radius 2 is 1.94 bits per heavy atom. The number of carbonyl (C=O) groups is 1. The molecule has 0 saturated carbocycles. The summed E-state index contributed by atoms with van der Waals surface area (Å²) in [5.41, 5.74) is 9.47. The summed E-state index contributed by atoms with van der Waals surface area (Å²) in [6.07, 6.45) is 5.19. The van der Waals surface area contributed by atoms with E-state index in [9.17, 15) is 4.79 Å². The van der Waals surface area contributed by atoms with E-state index in [2.05, 4.69) is 39.5 Å². The van der Waals surface area contributed by atoms with Gasteiger partial charge in [0.1, 0.15) is 11.6 Å². The van der Waals surface area contributed by atoms with Crippen molar-refractivity contribution in [2.24, 2.45) is 0 Å². The van der Waals surface area contributed by atoms with Gasteiger partial charge in [0.25, 0.3) is 0 Å². The number of nitrogens with one attached hydrogen (secondary N) is 1. The highest BCUT2D eigenvalue weighted by Crippen LogP contribution is 2.30. The number of benzene rings is 1. The molecule has 8 heteroatoms. The summed E-state index contributed by atoms with van der Waals surface area (Å²) in [6, 6.07) is 8.66. The van der Waals surface area contributed by atoms with Crippen LogP contribution in [0.1, 0.15) is 42.4 Å². The van der Waals surface area contributed by atoms with Gasteiger partial charge in [-0.2, -0.15) is 9.97 Å². The van der Waals surface area contributed by atoms with Crippen LogP contribution >= 0.6 is 0 Å². The smallest absolute Gasteiger partial charge is 0.226 e. The Balaban J connectivity index is 1.34. The van der Waals surface area contributed by atoms with Gasteiger partial charge in [0.05, 0.1) is 12.6 Å². The van der Waals surface area contributed by atoms with Gasteiger partial charge in [0.2, 0.25) is 5.95 Å². The molecule has 0 amide bonds. The van der Waals surface area contributed by atoms with Crippen LogP contribution in [-0.4, -0.2) is 59.5 Å². The van der Waals surface area contributed by atoms with E-state index < -0.39 is 0 Å². The van der Waals surface area contributed by atoms with Gasteiger partial charge in [0.15, 0.2) is 5.78 Å². The van der Waals surface area contributed by atoms with Gasteiger partial charge in [-0.15, -0.1) is 0 Å². The van der Waals surface area contributed by atoms with Crippen LogP contribution in [0.25, 0.3) is 0 Å². The van der Waals surface area contributed by atoms with Gasteiger partial charge in [-0.25, -0.2) is 0 Å². The number of anilines is 3. The fraction of sp³-hybridized carbons (Fsp3) is 0.542. The van der Waals surface area contributed by atoms with Crippen LogP contribution in [0.3, 0.4) is 0 Å². The summed E-state index contributed by atoms with van der Waals surface area (Å²) in [5.74, 6) is 1.78. The first-order valence-electron chi connectivity index (χ1n) is 11.7. The predicted octanol–water partition coefficient (Wildman–Crippen LogP) is 2.38. The van der Waals surface area contributed by atoms with Crippen LogP contribution in [0.5, 0.6) is 0 Å². The van der Waals surface area contributed by atoms with Crippen molar-refractivity contribution in [2.75, 3.05) is 48.7 Å². The van der Waals surface area contributed by atoms with Crippen LogP contribution in [0.15, 0.2) is 24.3 Å². The van der Waals surface area contributed by atoms with Crippen molar-refractivity contribution < 1.29 is 9.53 Å². The highest BCUT2D eigenvalue weighted by molar-refractivity contribution is 5.91. The molecule has 4 heterocycles. The molecule has 0 spiro atoms. The quantitative estimate of drug-likeness (QED) is 0.683. The van der Waals surface area contributed by atoms with Gasteiger partial charge < -0.3 is 20.7 Å². The van der Waals surface area contributed by atoms with Gasteiger partial charge in [-0.1, -0.05) is 24.3 Å². The fourth-order valence-electron chi connectivity index (χ4n) is 4.93. The number of ketones is 1. The molecule has 32 heavy (non-hydrogen) atoms. The van der Waals surface area contributed by atoms with Crippen molar-refractivity contribution in [3.05, 3.63) is 41.0 Å². The molecular formula is C24H32N6O2. The van der Waals surface area contributed by atoms with E-state index in [0.717, 1.165) is 37.4 Å². The molecule has 2 aromatic rings. The largest absolute Gasteiger partial charge is 0.383 e. The van der Waals surface area contributed by atoms with Gasteiger partial charge in [0, 0.05) is 38.2 Å². The minimum absolute atomic E-state index is 0.140. The van der Waals surface area contributed by atoms with Crippen LogP contribution in [-0.2, 0) is 29.0 Å². The summed E-state index contributed by atoms with van der Waals surface area (Å²) in [6.45, 7) is 5.77. The molecule has 2 fully saturated rings. The normalized spacial score (nSPS) is 21.2. The summed E-state index contributed by atoms with van der Waals surface area (Å²) in [5, 5.41) is 3.28. The highest BCUT2D eigenvalue weighted by atomic mass is 16.5. The second kappa shape index (κ2) is 9.42. The molecule has 1 aromatic heterocycles. The predicted molar refractivity (Wildman–Crippen MR) is 125 cm³/mol. The molecule has 2 saturated heterocycles. The number of aromatic nitrogens is 2. The Labute approximate surface area is 189 Å². The Morgan fingerprint density at radius 1 is 1.12 bits per heavy atom. The SMILES string of the molecule is Nc1nc(NCC2CCCO2)nc2c1CC(=O)CN2Cc1cccc(CN2CCCC2)c1. The Bertz CT molecular complexity index is 969. The number of likely N-dealkylation sites (tertiary alicyclic amines) is 1. The maximum absolute atomic E-state index is 12.5. The highest BCUT2D eigenvalue weighted by Gasteiger charge is 2.28. The van der Waals surface area contributed by atoms with E-state index in [1.165, 1.54) is 37.1 Å². The number of hydrogen-bond acceptors (Lipinski definition) is 8. The average Bonchev–Trinajstić information content (AvgIpc) is 3.48. The summed E-state index contributed by atoms with van der Waals surface area (Å²) < 4.78 is 5.68. The molecule has 3 N–H and O–H groups in total. The van der Waals surface area contributed by atoms with Crippen LogP contribution in [0.2, 0.25) is 0 Å². The second-order valence-corrected chi connectivity index (χ2v) is 9.13. The molecule has 3 aliphatic rings. The van der Waals surface area contributed by atoms with Crippen LogP contribution < -0.4 is 16.0 Å². The van der Waals surface area contributed by atoms with Gasteiger partial charge in [-0.3, -0.25) is 9.69 Å². The Morgan fingerprint density at radius 3 is 2.72 bits per heavy atom. The molecular weight excluding hydrogens is 404 g/mol.